The topological polar surface area (TPSA) is 26.3 Å². The van der Waals surface area contributed by atoms with Crippen LogP contribution in [0.3, 0.4) is 0 Å². The molecular formula is C13H8F2O2. The quantitative estimate of drug-likeness (QED) is 0.759. The van der Waals surface area contributed by atoms with Gasteiger partial charge in [0.15, 0.2) is 17.9 Å². The highest BCUT2D eigenvalue weighted by Crippen LogP contribution is 2.27. The van der Waals surface area contributed by atoms with Crippen molar-refractivity contribution in [2.75, 3.05) is 0 Å². The van der Waals surface area contributed by atoms with Gasteiger partial charge in [-0.2, -0.15) is 0 Å². The Morgan fingerprint density at radius 1 is 0.882 bits per heavy atom. The Kier molecular flexibility index (Phi) is 3.14. The number of hydrogen-bond acceptors (Lipinski definition) is 2. The van der Waals surface area contributed by atoms with Crippen LogP contribution in [-0.4, -0.2) is 6.29 Å². The van der Waals surface area contributed by atoms with Gasteiger partial charge in [-0.1, -0.05) is 18.2 Å². The van der Waals surface area contributed by atoms with Gasteiger partial charge in [-0.25, -0.2) is 8.78 Å². The summed E-state index contributed by atoms with van der Waals surface area (Å²) < 4.78 is 31.7. The summed E-state index contributed by atoms with van der Waals surface area (Å²) in [6.45, 7) is 0. The van der Waals surface area contributed by atoms with Gasteiger partial charge >= 0.3 is 0 Å². The van der Waals surface area contributed by atoms with Gasteiger partial charge in [-0.15, -0.1) is 0 Å². The molecule has 2 aromatic rings. The fourth-order valence-corrected chi connectivity index (χ4v) is 1.37. The first-order valence-corrected chi connectivity index (χ1v) is 4.88. The second-order valence-electron chi connectivity index (χ2n) is 3.30. The van der Waals surface area contributed by atoms with Gasteiger partial charge in [0, 0.05) is 0 Å². The Bertz CT molecular complexity index is 553. The Balaban J connectivity index is 2.40. The van der Waals surface area contributed by atoms with Crippen molar-refractivity contribution in [3.8, 4) is 11.5 Å². The molecule has 0 fully saturated rings. The number of aldehydes is 1. The lowest BCUT2D eigenvalue weighted by atomic mass is 10.2. The van der Waals surface area contributed by atoms with Gasteiger partial charge in [0.25, 0.3) is 0 Å². The summed E-state index contributed by atoms with van der Waals surface area (Å²) in [5.74, 6) is -1.34. The first kappa shape index (κ1) is 11.3. The number of carbonyl (C=O) groups is 1. The van der Waals surface area contributed by atoms with Gasteiger partial charge in [0.05, 0.1) is 5.56 Å². The van der Waals surface area contributed by atoms with Crippen LogP contribution in [0.1, 0.15) is 10.4 Å². The molecule has 17 heavy (non-hydrogen) atoms. The van der Waals surface area contributed by atoms with E-state index in [2.05, 4.69) is 0 Å². The molecule has 2 aromatic carbocycles. The average molecular weight is 234 g/mol. The lowest BCUT2D eigenvalue weighted by Crippen LogP contribution is -1.95. The molecule has 0 N–H and O–H groups in total. The molecule has 0 spiro atoms. The van der Waals surface area contributed by atoms with Gasteiger partial charge in [-0.3, -0.25) is 4.79 Å². The molecule has 0 unspecified atom stereocenters. The van der Waals surface area contributed by atoms with E-state index in [1.165, 1.54) is 30.3 Å². The molecule has 0 aliphatic heterocycles. The molecule has 0 aromatic heterocycles. The van der Waals surface area contributed by atoms with Crippen molar-refractivity contribution < 1.29 is 18.3 Å². The third-order valence-electron chi connectivity index (χ3n) is 2.19. The SMILES string of the molecule is O=Cc1c(F)cccc1Oc1ccccc1F. The smallest absolute Gasteiger partial charge is 0.165 e. The molecule has 0 amide bonds. The Hall–Kier alpha value is -2.23. The highest BCUT2D eigenvalue weighted by molar-refractivity contribution is 5.79. The van der Waals surface area contributed by atoms with Gasteiger partial charge in [-0.05, 0) is 24.3 Å². The molecule has 0 aliphatic carbocycles. The molecule has 86 valence electrons. The standard InChI is InChI=1S/C13H8F2O2/c14-10-5-3-7-12(9(10)8-16)17-13-6-2-1-4-11(13)15/h1-8H. The predicted octanol–water partition coefficient (Wildman–Crippen LogP) is 3.57. The molecule has 0 saturated carbocycles. The Morgan fingerprint density at radius 2 is 1.53 bits per heavy atom. The minimum atomic E-state index is -0.700. The maximum Gasteiger partial charge on any atom is 0.165 e. The van der Waals surface area contributed by atoms with Crippen LogP contribution in [0, 0.1) is 11.6 Å². The van der Waals surface area contributed by atoms with Crippen molar-refractivity contribution >= 4 is 6.29 Å². The highest BCUT2D eigenvalue weighted by atomic mass is 19.1. The van der Waals surface area contributed by atoms with Crippen LogP contribution in [0.5, 0.6) is 11.5 Å². The monoisotopic (exact) mass is 234 g/mol. The van der Waals surface area contributed by atoms with E-state index in [-0.39, 0.29) is 17.1 Å². The Labute approximate surface area is 96.5 Å². The largest absolute Gasteiger partial charge is 0.453 e. The van der Waals surface area contributed by atoms with Crippen molar-refractivity contribution in [2.45, 2.75) is 0 Å². The van der Waals surface area contributed by atoms with E-state index in [0.717, 1.165) is 6.07 Å². The summed E-state index contributed by atoms with van der Waals surface area (Å²) in [5, 5.41) is 0. The van der Waals surface area contributed by atoms with E-state index in [1.54, 1.807) is 6.07 Å². The van der Waals surface area contributed by atoms with Crippen molar-refractivity contribution in [3.05, 3.63) is 59.7 Å². The number of benzene rings is 2. The van der Waals surface area contributed by atoms with Crippen LogP contribution >= 0.6 is 0 Å². The fraction of sp³-hybridized carbons (Fsp3) is 0. The Morgan fingerprint density at radius 3 is 2.24 bits per heavy atom. The third kappa shape index (κ3) is 2.30. The van der Waals surface area contributed by atoms with E-state index in [1.807, 2.05) is 0 Å². The first-order chi connectivity index (χ1) is 8.22. The van der Waals surface area contributed by atoms with Crippen LogP contribution in [0.15, 0.2) is 42.5 Å². The van der Waals surface area contributed by atoms with Crippen molar-refractivity contribution in [2.24, 2.45) is 0 Å². The highest BCUT2D eigenvalue weighted by Gasteiger charge is 2.11. The number of rotatable bonds is 3. The van der Waals surface area contributed by atoms with E-state index >= 15 is 0 Å². The minimum absolute atomic E-state index is 0.00917. The number of hydrogen-bond donors (Lipinski definition) is 0. The predicted molar refractivity (Wildman–Crippen MR) is 58.3 cm³/mol. The van der Waals surface area contributed by atoms with Gasteiger partial charge < -0.3 is 4.74 Å². The molecule has 0 aliphatic rings. The van der Waals surface area contributed by atoms with Crippen molar-refractivity contribution in [3.63, 3.8) is 0 Å². The summed E-state index contributed by atoms with van der Waals surface area (Å²) >= 11 is 0. The fourth-order valence-electron chi connectivity index (χ4n) is 1.37. The van der Waals surface area contributed by atoms with Gasteiger partial charge in [0.1, 0.15) is 11.6 Å². The van der Waals surface area contributed by atoms with Crippen LogP contribution in [0.2, 0.25) is 0 Å². The maximum absolute atomic E-state index is 13.3. The summed E-state index contributed by atoms with van der Waals surface area (Å²) in [7, 11) is 0. The molecule has 4 heteroatoms. The van der Waals surface area contributed by atoms with Gasteiger partial charge in [0.2, 0.25) is 0 Å². The van der Waals surface area contributed by atoms with Crippen LogP contribution in [0.25, 0.3) is 0 Å². The molecule has 0 radical (unpaired) electrons. The number of para-hydroxylation sites is 1. The summed E-state index contributed by atoms with van der Waals surface area (Å²) in [5.41, 5.74) is -0.226. The average Bonchev–Trinajstić information content (AvgIpc) is 2.32. The zero-order valence-electron chi connectivity index (χ0n) is 8.69. The van der Waals surface area contributed by atoms with Crippen LogP contribution < -0.4 is 4.74 Å². The molecule has 0 saturated heterocycles. The number of ether oxygens (including phenoxy) is 1. The first-order valence-electron chi connectivity index (χ1n) is 4.88. The summed E-state index contributed by atoms with van der Waals surface area (Å²) in [4.78, 5) is 10.7. The zero-order chi connectivity index (χ0) is 12.3. The van der Waals surface area contributed by atoms with E-state index in [4.69, 9.17) is 4.74 Å². The van der Waals surface area contributed by atoms with E-state index in [0.29, 0.717) is 6.29 Å². The number of halogens is 2. The molecular weight excluding hydrogens is 226 g/mol. The summed E-state index contributed by atoms with van der Waals surface area (Å²) in [6.07, 6.45) is 0.339. The van der Waals surface area contributed by atoms with E-state index < -0.39 is 11.6 Å². The second kappa shape index (κ2) is 4.74. The molecule has 2 nitrogen and oxygen atoms in total. The van der Waals surface area contributed by atoms with Crippen molar-refractivity contribution in [1.82, 2.24) is 0 Å². The minimum Gasteiger partial charge on any atom is -0.453 e. The number of carbonyl (C=O) groups excluding carboxylic acids is 1. The maximum atomic E-state index is 13.3. The van der Waals surface area contributed by atoms with Crippen LogP contribution in [0.4, 0.5) is 8.78 Å². The van der Waals surface area contributed by atoms with Crippen molar-refractivity contribution in [1.29, 1.82) is 0 Å². The molecule has 0 atom stereocenters. The van der Waals surface area contributed by atoms with E-state index in [9.17, 15) is 13.6 Å². The van der Waals surface area contributed by atoms with Crippen LogP contribution in [-0.2, 0) is 0 Å². The molecule has 2 rings (SSSR count). The molecule has 0 bridgehead atoms. The third-order valence-corrected chi connectivity index (χ3v) is 2.19. The lowest BCUT2D eigenvalue weighted by molar-refractivity contribution is 0.111. The lowest BCUT2D eigenvalue weighted by Gasteiger charge is -2.08. The second-order valence-corrected chi connectivity index (χ2v) is 3.30. The normalized spacial score (nSPS) is 10.0. The molecule has 0 heterocycles. The summed E-state index contributed by atoms with van der Waals surface area (Å²) in [6, 6.07) is 9.63. The zero-order valence-corrected chi connectivity index (χ0v) is 8.69.